The maximum absolute atomic E-state index is 12.6. The summed E-state index contributed by atoms with van der Waals surface area (Å²) in [6.07, 6.45) is 1.77. The molecule has 1 aromatic heterocycles. The molecule has 6 nitrogen and oxygen atoms in total. The third-order valence-electron chi connectivity index (χ3n) is 5.42. The third kappa shape index (κ3) is 4.03. The van der Waals surface area contributed by atoms with E-state index in [-0.39, 0.29) is 10.8 Å². The van der Waals surface area contributed by atoms with Gasteiger partial charge in [0.2, 0.25) is 10.0 Å². The van der Waals surface area contributed by atoms with Crippen LogP contribution in [0.25, 0.3) is 11.3 Å². The number of amides is 1. The first-order chi connectivity index (χ1) is 14.4. The number of carbonyl (C=O) groups excluding carboxylic acids is 1. The standard InChI is InChI=1S/C22H23N3O3S2/c1-15-6-5-7-19(16(15)2)20-14-29-22(23-20)24-21(26)17-8-10-18(11-9-17)30(27,28)25-12-3-4-13-25/h5-11,14H,3-4,12-13H2,1-2H3,(H,23,24,26). The Bertz CT molecular complexity index is 1180. The normalized spacial score (nSPS) is 14.7. The Morgan fingerprint density at radius 2 is 1.77 bits per heavy atom. The number of nitrogens with zero attached hydrogens (tertiary/aromatic N) is 2. The van der Waals surface area contributed by atoms with Gasteiger partial charge in [0.15, 0.2) is 5.13 Å². The largest absolute Gasteiger partial charge is 0.298 e. The predicted octanol–water partition coefficient (Wildman–Crippen LogP) is 4.46. The summed E-state index contributed by atoms with van der Waals surface area (Å²) in [6, 6.07) is 12.1. The molecule has 1 aliphatic heterocycles. The molecule has 1 amide bonds. The fourth-order valence-corrected chi connectivity index (χ4v) is 5.73. The molecule has 4 rings (SSSR count). The maximum Gasteiger partial charge on any atom is 0.257 e. The third-order valence-corrected chi connectivity index (χ3v) is 8.10. The molecule has 0 radical (unpaired) electrons. The van der Waals surface area contributed by atoms with Crippen molar-refractivity contribution < 1.29 is 13.2 Å². The average Bonchev–Trinajstić information content (AvgIpc) is 3.43. The zero-order chi connectivity index (χ0) is 21.3. The lowest BCUT2D eigenvalue weighted by molar-refractivity contribution is 0.102. The zero-order valence-electron chi connectivity index (χ0n) is 16.9. The number of rotatable bonds is 5. The number of aromatic nitrogens is 1. The molecule has 3 aromatic rings. The van der Waals surface area contributed by atoms with Crippen molar-refractivity contribution in [2.75, 3.05) is 18.4 Å². The molecule has 0 atom stereocenters. The molecule has 8 heteroatoms. The van der Waals surface area contributed by atoms with Crippen LogP contribution in [-0.2, 0) is 10.0 Å². The maximum atomic E-state index is 12.6. The van der Waals surface area contributed by atoms with E-state index < -0.39 is 10.0 Å². The Morgan fingerprint density at radius 3 is 2.47 bits per heavy atom. The molecule has 0 spiro atoms. The minimum Gasteiger partial charge on any atom is -0.298 e. The Kier molecular flexibility index (Phi) is 5.73. The molecule has 0 saturated carbocycles. The van der Waals surface area contributed by atoms with Crippen LogP contribution in [0, 0.1) is 13.8 Å². The number of sulfonamides is 1. The molecule has 1 N–H and O–H groups in total. The summed E-state index contributed by atoms with van der Waals surface area (Å²) >= 11 is 1.36. The highest BCUT2D eigenvalue weighted by Crippen LogP contribution is 2.29. The van der Waals surface area contributed by atoms with Crippen LogP contribution in [0.4, 0.5) is 5.13 Å². The lowest BCUT2D eigenvalue weighted by atomic mass is 10.0. The van der Waals surface area contributed by atoms with Gasteiger partial charge in [-0.15, -0.1) is 11.3 Å². The number of hydrogen-bond acceptors (Lipinski definition) is 5. The van der Waals surface area contributed by atoms with Crippen molar-refractivity contribution in [3.8, 4) is 11.3 Å². The molecule has 30 heavy (non-hydrogen) atoms. The van der Waals surface area contributed by atoms with E-state index in [1.807, 2.05) is 17.5 Å². The molecular weight excluding hydrogens is 418 g/mol. The Labute approximate surface area is 180 Å². The first kappa shape index (κ1) is 20.7. The lowest BCUT2D eigenvalue weighted by Gasteiger charge is -2.15. The van der Waals surface area contributed by atoms with E-state index in [1.54, 1.807) is 0 Å². The van der Waals surface area contributed by atoms with E-state index >= 15 is 0 Å². The van der Waals surface area contributed by atoms with E-state index in [1.165, 1.54) is 45.5 Å². The summed E-state index contributed by atoms with van der Waals surface area (Å²) < 4.78 is 26.7. The molecule has 2 heterocycles. The van der Waals surface area contributed by atoms with Crippen molar-refractivity contribution in [1.82, 2.24) is 9.29 Å². The molecule has 1 saturated heterocycles. The zero-order valence-corrected chi connectivity index (χ0v) is 18.5. The number of aryl methyl sites for hydroxylation is 1. The van der Waals surface area contributed by atoms with Gasteiger partial charge in [0.05, 0.1) is 10.6 Å². The van der Waals surface area contributed by atoms with Gasteiger partial charge in [-0.1, -0.05) is 18.2 Å². The van der Waals surface area contributed by atoms with Crippen molar-refractivity contribution >= 4 is 32.4 Å². The van der Waals surface area contributed by atoms with Crippen molar-refractivity contribution in [1.29, 1.82) is 0 Å². The van der Waals surface area contributed by atoms with Crippen molar-refractivity contribution in [3.63, 3.8) is 0 Å². The van der Waals surface area contributed by atoms with Crippen LogP contribution in [0.3, 0.4) is 0 Å². The van der Waals surface area contributed by atoms with Gasteiger partial charge in [-0.2, -0.15) is 4.31 Å². The van der Waals surface area contributed by atoms with Gasteiger partial charge in [0, 0.05) is 29.6 Å². The second-order valence-corrected chi connectivity index (χ2v) is 10.2. The van der Waals surface area contributed by atoms with Gasteiger partial charge >= 0.3 is 0 Å². The number of nitrogens with one attached hydrogen (secondary N) is 1. The number of thiazole rings is 1. The van der Waals surface area contributed by atoms with Crippen molar-refractivity contribution in [3.05, 3.63) is 64.5 Å². The van der Waals surface area contributed by atoms with Crippen LogP contribution < -0.4 is 5.32 Å². The number of benzene rings is 2. The number of anilines is 1. The quantitative estimate of drug-likeness (QED) is 0.634. The lowest BCUT2D eigenvalue weighted by Crippen LogP contribution is -2.27. The Morgan fingerprint density at radius 1 is 1.07 bits per heavy atom. The van der Waals surface area contributed by atoms with Gasteiger partial charge in [-0.25, -0.2) is 13.4 Å². The highest BCUT2D eigenvalue weighted by molar-refractivity contribution is 7.89. The average molecular weight is 442 g/mol. The van der Waals surface area contributed by atoms with Gasteiger partial charge in [-0.3, -0.25) is 10.1 Å². The monoisotopic (exact) mass is 441 g/mol. The van der Waals surface area contributed by atoms with Crippen molar-refractivity contribution in [2.45, 2.75) is 31.6 Å². The molecular formula is C22H23N3O3S2. The smallest absolute Gasteiger partial charge is 0.257 e. The Balaban J connectivity index is 1.48. The van der Waals surface area contributed by atoms with Crippen LogP contribution in [0.15, 0.2) is 52.7 Å². The number of hydrogen-bond donors (Lipinski definition) is 1. The summed E-state index contributed by atoms with van der Waals surface area (Å²) in [6.45, 7) is 5.22. The molecule has 1 fully saturated rings. The van der Waals surface area contributed by atoms with Gasteiger partial charge < -0.3 is 0 Å². The summed E-state index contributed by atoms with van der Waals surface area (Å²) in [4.78, 5) is 17.4. The second-order valence-electron chi connectivity index (χ2n) is 7.38. The molecule has 0 aliphatic carbocycles. The molecule has 1 aliphatic rings. The van der Waals surface area contributed by atoms with Crippen LogP contribution >= 0.6 is 11.3 Å². The summed E-state index contributed by atoms with van der Waals surface area (Å²) in [5, 5.41) is 5.23. The van der Waals surface area contributed by atoms with Gasteiger partial charge in [0.25, 0.3) is 5.91 Å². The highest BCUT2D eigenvalue weighted by Gasteiger charge is 2.27. The van der Waals surface area contributed by atoms with Crippen LogP contribution in [0.2, 0.25) is 0 Å². The fraction of sp³-hybridized carbons (Fsp3) is 0.273. The van der Waals surface area contributed by atoms with E-state index in [0.29, 0.717) is 23.8 Å². The second kappa shape index (κ2) is 8.29. The van der Waals surface area contributed by atoms with Crippen LogP contribution in [0.1, 0.15) is 34.3 Å². The fourth-order valence-electron chi connectivity index (χ4n) is 3.51. The summed E-state index contributed by atoms with van der Waals surface area (Å²) in [5.74, 6) is -0.318. The minimum absolute atomic E-state index is 0.215. The van der Waals surface area contributed by atoms with E-state index in [0.717, 1.165) is 29.7 Å². The molecule has 0 bridgehead atoms. The Hall–Kier alpha value is -2.55. The molecule has 2 aromatic carbocycles. The van der Waals surface area contributed by atoms with Crippen LogP contribution in [-0.4, -0.2) is 36.7 Å². The SMILES string of the molecule is Cc1cccc(-c2csc(NC(=O)c3ccc(S(=O)(=O)N4CCCC4)cc3)n2)c1C. The van der Waals surface area contributed by atoms with Gasteiger partial charge in [-0.05, 0) is 62.1 Å². The summed E-state index contributed by atoms with van der Waals surface area (Å²) in [5.41, 5.74) is 4.61. The minimum atomic E-state index is -3.48. The summed E-state index contributed by atoms with van der Waals surface area (Å²) in [7, 11) is -3.48. The number of carbonyl (C=O) groups is 1. The first-order valence-electron chi connectivity index (χ1n) is 9.80. The first-order valence-corrected chi connectivity index (χ1v) is 12.1. The topological polar surface area (TPSA) is 79.4 Å². The predicted molar refractivity (Wildman–Crippen MR) is 119 cm³/mol. The van der Waals surface area contributed by atoms with E-state index in [4.69, 9.17) is 0 Å². The van der Waals surface area contributed by atoms with E-state index in [2.05, 4.69) is 30.2 Å². The van der Waals surface area contributed by atoms with E-state index in [9.17, 15) is 13.2 Å². The molecule has 156 valence electrons. The van der Waals surface area contributed by atoms with Crippen LogP contribution in [0.5, 0.6) is 0 Å². The highest BCUT2D eigenvalue weighted by atomic mass is 32.2. The molecule has 0 unspecified atom stereocenters. The van der Waals surface area contributed by atoms with Crippen molar-refractivity contribution in [2.24, 2.45) is 0 Å². The van der Waals surface area contributed by atoms with Gasteiger partial charge in [0.1, 0.15) is 0 Å².